The van der Waals surface area contributed by atoms with Crippen LogP contribution in [0.25, 0.3) is 0 Å². The van der Waals surface area contributed by atoms with E-state index in [1.54, 1.807) is 7.11 Å². The molecule has 0 saturated carbocycles. The molecular formula is C10H24N2O2. The number of nitrogens with zero attached hydrogens (tertiary/aromatic N) is 1. The molecule has 0 fully saturated rings. The molecule has 0 heterocycles. The van der Waals surface area contributed by atoms with Crippen molar-refractivity contribution >= 4 is 0 Å². The number of hydrogen-bond donors (Lipinski definition) is 2. The summed E-state index contributed by atoms with van der Waals surface area (Å²) in [6.45, 7) is 3.59. The first-order valence-corrected chi connectivity index (χ1v) is 5.19. The topological polar surface area (TPSA) is 58.7 Å². The normalized spacial score (nSPS) is 15.9. The van der Waals surface area contributed by atoms with Crippen LogP contribution in [-0.4, -0.2) is 56.0 Å². The van der Waals surface area contributed by atoms with Crippen molar-refractivity contribution in [1.82, 2.24) is 4.90 Å². The van der Waals surface area contributed by atoms with Crippen LogP contribution in [-0.2, 0) is 4.74 Å². The van der Waals surface area contributed by atoms with Gasteiger partial charge < -0.3 is 15.6 Å². The zero-order valence-electron chi connectivity index (χ0n) is 9.57. The summed E-state index contributed by atoms with van der Waals surface area (Å²) >= 11 is 0. The standard InChI is InChI=1S/C10H24N2O2/c1-9(7-13)12(2)10(8-14-3)5-4-6-11/h9-10,13H,4-8,11H2,1-3H3. The van der Waals surface area contributed by atoms with Crippen LogP contribution in [0.15, 0.2) is 0 Å². The molecule has 0 aromatic carbocycles. The van der Waals surface area contributed by atoms with E-state index in [1.165, 1.54) is 0 Å². The van der Waals surface area contributed by atoms with Gasteiger partial charge in [0.1, 0.15) is 0 Å². The molecule has 0 aliphatic heterocycles. The fourth-order valence-electron chi connectivity index (χ4n) is 1.44. The molecule has 0 bridgehead atoms. The van der Waals surface area contributed by atoms with Crippen LogP contribution in [0.3, 0.4) is 0 Å². The van der Waals surface area contributed by atoms with Gasteiger partial charge in [-0.2, -0.15) is 0 Å². The number of methoxy groups -OCH3 is 1. The molecule has 4 nitrogen and oxygen atoms in total. The lowest BCUT2D eigenvalue weighted by atomic mass is 10.1. The summed E-state index contributed by atoms with van der Waals surface area (Å²) in [4.78, 5) is 2.15. The molecule has 0 saturated heterocycles. The van der Waals surface area contributed by atoms with Crippen molar-refractivity contribution in [3.05, 3.63) is 0 Å². The number of hydrogen-bond acceptors (Lipinski definition) is 4. The Labute approximate surface area is 87.0 Å². The number of rotatable bonds is 8. The van der Waals surface area contributed by atoms with E-state index in [-0.39, 0.29) is 12.6 Å². The molecule has 2 unspecified atom stereocenters. The van der Waals surface area contributed by atoms with Crippen LogP contribution in [0.1, 0.15) is 19.8 Å². The molecule has 0 rings (SSSR count). The molecule has 4 heteroatoms. The maximum Gasteiger partial charge on any atom is 0.0618 e. The van der Waals surface area contributed by atoms with E-state index < -0.39 is 0 Å². The lowest BCUT2D eigenvalue weighted by Gasteiger charge is -2.31. The highest BCUT2D eigenvalue weighted by Gasteiger charge is 2.18. The number of aliphatic hydroxyl groups excluding tert-OH is 1. The van der Waals surface area contributed by atoms with Crippen LogP contribution < -0.4 is 5.73 Å². The summed E-state index contributed by atoms with van der Waals surface area (Å²) in [7, 11) is 3.72. The van der Waals surface area contributed by atoms with E-state index >= 15 is 0 Å². The van der Waals surface area contributed by atoms with Gasteiger partial charge in [-0.3, -0.25) is 4.90 Å². The van der Waals surface area contributed by atoms with Crippen molar-refractivity contribution in [1.29, 1.82) is 0 Å². The summed E-state index contributed by atoms with van der Waals surface area (Å²) in [5, 5.41) is 9.04. The molecule has 0 amide bonds. The van der Waals surface area contributed by atoms with Crippen LogP contribution in [0.5, 0.6) is 0 Å². The molecule has 0 aliphatic carbocycles. The molecule has 0 spiro atoms. The Morgan fingerprint density at radius 3 is 2.57 bits per heavy atom. The highest BCUT2D eigenvalue weighted by atomic mass is 16.5. The molecule has 0 aliphatic rings. The average molecular weight is 204 g/mol. The predicted molar refractivity (Wildman–Crippen MR) is 58.3 cm³/mol. The molecule has 86 valence electrons. The third kappa shape index (κ3) is 4.91. The second kappa shape index (κ2) is 8.17. The largest absolute Gasteiger partial charge is 0.395 e. The van der Waals surface area contributed by atoms with E-state index in [2.05, 4.69) is 4.90 Å². The van der Waals surface area contributed by atoms with Gasteiger partial charge in [0, 0.05) is 19.2 Å². The van der Waals surface area contributed by atoms with Gasteiger partial charge in [0.05, 0.1) is 13.2 Å². The Morgan fingerprint density at radius 1 is 1.50 bits per heavy atom. The first-order chi connectivity index (χ1) is 6.67. The number of likely N-dealkylation sites (N-methyl/N-ethyl adjacent to an activating group) is 1. The van der Waals surface area contributed by atoms with Crippen molar-refractivity contribution in [2.45, 2.75) is 31.8 Å². The van der Waals surface area contributed by atoms with Crippen LogP contribution in [0.2, 0.25) is 0 Å². The zero-order chi connectivity index (χ0) is 11.0. The summed E-state index contributed by atoms with van der Waals surface area (Å²) in [5.74, 6) is 0. The van der Waals surface area contributed by atoms with Gasteiger partial charge >= 0.3 is 0 Å². The van der Waals surface area contributed by atoms with Gasteiger partial charge in [-0.05, 0) is 33.4 Å². The Morgan fingerprint density at radius 2 is 2.14 bits per heavy atom. The van der Waals surface area contributed by atoms with Crippen molar-refractivity contribution in [3.8, 4) is 0 Å². The Kier molecular flexibility index (Phi) is 8.08. The molecule has 0 aromatic heterocycles. The molecule has 0 aromatic rings. The second-order valence-electron chi connectivity index (χ2n) is 3.74. The molecule has 2 atom stereocenters. The van der Waals surface area contributed by atoms with Crippen LogP contribution >= 0.6 is 0 Å². The maximum atomic E-state index is 9.04. The summed E-state index contributed by atoms with van der Waals surface area (Å²) in [5.41, 5.74) is 5.47. The summed E-state index contributed by atoms with van der Waals surface area (Å²) in [6.07, 6.45) is 2.02. The zero-order valence-corrected chi connectivity index (χ0v) is 9.57. The lowest BCUT2D eigenvalue weighted by molar-refractivity contribution is 0.0581. The van der Waals surface area contributed by atoms with E-state index in [0.717, 1.165) is 12.8 Å². The third-order valence-corrected chi connectivity index (χ3v) is 2.64. The fourth-order valence-corrected chi connectivity index (χ4v) is 1.44. The summed E-state index contributed by atoms with van der Waals surface area (Å²) < 4.78 is 5.15. The minimum Gasteiger partial charge on any atom is -0.395 e. The monoisotopic (exact) mass is 204 g/mol. The molecular weight excluding hydrogens is 180 g/mol. The van der Waals surface area contributed by atoms with Crippen molar-refractivity contribution in [2.75, 3.05) is 33.9 Å². The lowest BCUT2D eigenvalue weighted by Crippen LogP contribution is -2.43. The van der Waals surface area contributed by atoms with Crippen molar-refractivity contribution in [2.24, 2.45) is 5.73 Å². The summed E-state index contributed by atoms with van der Waals surface area (Å²) in [6, 6.07) is 0.527. The Bertz CT molecular complexity index is 133. The Hall–Kier alpha value is -0.160. The third-order valence-electron chi connectivity index (χ3n) is 2.64. The highest BCUT2D eigenvalue weighted by molar-refractivity contribution is 4.73. The molecule has 0 radical (unpaired) electrons. The van der Waals surface area contributed by atoms with E-state index in [4.69, 9.17) is 15.6 Å². The molecule has 14 heavy (non-hydrogen) atoms. The fraction of sp³-hybridized carbons (Fsp3) is 1.00. The second-order valence-corrected chi connectivity index (χ2v) is 3.74. The first-order valence-electron chi connectivity index (χ1n) is 5.19. The number of ether oxygens (including phenoxy) is 1. The molecule has 3 N–H and O–H groups in total. The minimum absolute atomic E-state index is 0.174. The van der Waals surface area contributed by atoms with Gasteiger partial charge in [0.15, 0.2) is 0 Å². The minimum atomic E-state index is 0.174. The number of nitrogens with two attached hydrogens (primary N) is 1. The van der Waals surface area contributed by atoms with Gasteiger partial charge in [0.2, 0.25) is 0 Å². The van der Waals surface area contributed by atoms with Gasteiger partial charge in [-0.15, -0.1) is 0 Å². The Balaban J connectivity index is 4.02. The van der Waals surface area contributed by atoms with Gasteiger partial charge in [-0.1, -0.05) is 0 Å². The van der Waals surface area contributed by atoms with Crippen LogP contribution in [0.4, 0.5) is 0 Å². The predicted octanol–water partition coefficient (Wildman–Crippen LogP) is 0.0529. The SMILES string of the molecule is COCC(CCCN)N(C)C(C)CO. The smallest absolute Gasteiger partial charge is 0.0618 e. The van der Waals surface area contributed by atoms with E-state index in [0.29, 0.717) is 19.2 Å². The van der Waals surface area contributed by atoms with Gasteiger partial charge in [0.25, 0.3) is 0 Å². The number of aliphatic hydroxyl groups is 1. The van der Waals surface area contributed by atoms with Crippen molar-refractivity contribution < 1.29 is 9.84 Å². The average Bonchev–Trinajstić information content (AvgIpc) is 2.22. The maximum absolute atomic E-state index is 9.04. The quantitative estimate of drug-likeness (QED) is 0.587. The van der Waals surface area contributed by atoms with Crippen molar-refractivity contribution in [3.63, 3.8) is 0 Å². The highest BCUT2D eigenvalue weighted by Crippen LogP contribution is 2.08. The van der Waals surface area contributed by atoms with Gasteiger partial charge in [-0.25, -0.2) is 0 Å². The first kappa shape index (κ1) is 13.8. The van der Waals surface area contributed by atoms with E-state index in [9.17, 15) is 0 Å². The van der Waals surface area contributed by atoms with Crippen LogP contribution in [0, 0.1) is 0 Å². The van der Waals surface area contributed by atoms with E-state index in [1.807, 2.05) is 14.0 Å².